The minimum atomic E-state index is -0.200. The number of hydrogen-bond donors (Lipinski definition) is 0. The van der Waals surface area contributed by atoms with Gasteiger partial charge in [-0.05, 0) is 29.6 Å². The number of esters is 1. The number of piperidine rings is 1. The first kappa shape index (κ1) is 19.0. The first-order valence-electron chi connectivity index (χ1n) is 8.60. The number of carbonyl (C=O) groups excluding carboxylic acids is 1. The van der Waals surface area contributed by atoms with Crippen LogP contribution in [0.25, 0.3) is 21.9 Å². The number of methoxy groups -OCH3 is 1. The van der Waals surface area contributed by atoms with Crippen LogP contribution < -0.4 is 4.90 Å². The molecule has 9 nitrogen and oxygen atoms in total. The van der Waals surface area contributed by atoms with Crippen molar-refractivity contribution in [2.24, 2.45) is 11.0 Å². The second-order valence-corrected chi connectivity index (χ2v) is 6.53. The average Bonchev–Trinajstić information content (AvgIpc) is 3.18. The van der Waals surface area contributed by atoms with Gasteiger partial charge >= 0.3 is 5.97 Å². The van der Waals surface area contributed by atoms with E-state index in [1.54, 1.807) is 12.3 Å². The maximum atomic E-state index is 11.7. The first-order valence-corrected chi connectivity index (χ1v) is 8.98. The highest BCUT2D eigenvalue weighted by molar-refractivity contribution is 6.33. The van der Waals surface area contributed by atoms with Crippen molar-refractivity contribution in [2.75, 3.05) is 25.1 Å². The van der Waals surface area contributed by atoms with Crippen LogP contribution in [0.15, 0.2) is 21.8 Å². The van der Waals surface area contributed by atoms with Gasteiger partial charge in [0.2, 0.25) is 5.89 Å². The Balaban J connectivity index is 1.90. The summed E-state index contributed by atoms with van der Waals surface area (Å²) in [6.45, 7) is 3.14. The van der Waals surface area contributed by atoms with Crippen molar-refractivity contribution in [3.63, 3.8) is 0 Å². The molecule has 3 heterocycles. The SMILES string of the molecule is CCc1cnc(-c2cc(Cl)c(N3CCC(C(=O)OC)CC3)nc2N=[N+]=[N-])o1. The minimum Gasteiger partial charge on any atom is -0.469 e. The van der Waals surface area contributed by atoms with Gasteiger partial charge < -0.3 is 14.1 Å². The molecule has 0 aromatic carbocycles. The Morgan fingerprint density at radius 1 is 1.52 bits per heavy atom. The molecule has 0 spiro atoms. The number of halogens is 1. The van der Waals surface area contributed by atoms with Gasteiger partial charge in [0, 0.05) is 24.4 Å². The molecule has 1 aliphatic heterocycles. The smallest absolute Gasteiger partial charge is 0.308 e. The molecule has 0 amide bonds. The van der Waals surface area contributed by atoms with E-state index in [0.717, 1.165) is 0 Å². The summed E-state index contributed by atoms with van der Waals surface area (Å²) >= 11 is 6.45. The summed E-state index contributed by atoms with van der Waals surface area (Å²) < 4.78 is 10.5. The van der Waals surface area contributed by atoms with Crippen LogP contribution >= 0.6 is 11.6 Å². The molecule has 2 aromatic heterocycles. The van der Waals surface area contributed by atoms with Gasteiger partial charge in [0.15, 0.2) is 0 Å². The Hall–Kier alpha value is -2.77. The topological polar surface area (TPSA) is 117 Å². The monoisotopic (exact) mass is 390 g/mol. The highest BCUT2D eigenvalue weighted by atomic mass is 35.5. The number of nitrogens with zero attached hydrogens (tertiary/aromatic N) is 6. The van der Waals surface area contributed by atoms with Crippen LogP contribution in [-0.2, 0) is 16.0 Å². The van der Waals surface area contributed by atoms with Crippen molar-refractivity contribution in [1.29, 1.82) is 0 Å². The predicted octanol–water partition coefficient (Wildman–Crippen LogP) is 4.28. The normalized spacial score (nSPS) is 14.7. The van der Waals surface area contributed by atoms with Gasteiger partial charge in [0.25, 0.3) is 0 Å². The number of pyridine rings is 1. The molecule has 1 saturated heterocycles. The third-order valence-electron chi connectivity index (χ3n) is 4.54. The van der Waals surface area contributed by atoms with Gasteiger partial charge in [-0.15, -0.1) is 0 Å². The highest BCUT2D eigenvalue weighted by Gasteiger charge is 2.28. The van der Waals surface area contributed by atoms with Gasteiger partial charge in [-0.1, -0.05) is 18.5 Å². The fraction of sp³-hybridized carbons (Fsp3) is 0.471. The largest absolute Gasteiger partial charge is 0.469 e. The summed E-state index contributed by atoms with van der Waals surface area (Å²) in [6.07, 6.45) is 3.60. The molecule has 1 fully saturated rings. The molecule has 0 aliphatic carbocycles. The lowest BCUT2D eigenvalue weighted by molar-refractivity contribution is -0.146. The van der Waals surface area contributed by atoms with Gasteiger partial charge in [-0.2, -0.15) is 0 Å². The standard InChI is InChI=1S/C17H19ClN6O3/c1-3-11-9-20-16(27-11)12-8-13(18)15(21-14(12)22-23-19)24-6-4-10(5-7-24)17(25)26-2/h8-10H,3-7H2,1-2H3. The fourth-order valence-corrected chi connectivity index (χ4v) is 3.33. The van der Waals surface area contributed by atoms with Crippen molar-refractivity contribution in [3.05, 3.63) is 33.5 Å². The number of azide groups is 1. The molecule has 0 unspecified atom stereocenters. The Labute approximate surface area is 160 Å². The third-order valence-corrected chi connectivity index (χ3v) is 4.82. The second-order valence-electron chi connectivity index (χ2n) is 6.12. The number of aryl methyl sites for hydroxylation is 1. The molecule has 0 N–H and O–H groups in total. The molecule has 0 atom stereocenters. The number of ether oxygens (including phenoxy) is 1. The average molecular weight is 391 g/mol. The van der Waals surface area contributed by atoms with E-state index < -0.39 is 0 Å². The highest BCUT2D eigenvalue weighted by Crippen LogP contribution is 2.37. The predicted molar refractivity (Wildman–Crippen MR) is 99.9 cm³/mol. The van der Waals surface area contributed by atoms with Crippen molar-refractivity contribution in [1.82, 2.24) is 9.97 Å². The van der Waals surface area contributed by atoms with Gasteiger partial charge in [-0.25, -0.2) is 9.97 Å². The van der Waals surface area contributed by atoms with E-state index in [2.05, 4.69) is 20.0 Å². The Bertz CT molecular complexity index is 885. The zero-order valence-electron chi connectivity index (χ0n) is 15.1. The summed E-state index contributed by atoms with van der Waals surface area (Å²) in [5, 5.41) is 4.08. The van der Waals surface area contributed by atoms with Crippen LogP contribution in [-0.4, -0.2) is 36.1 Å². The van der Waals surface area contributed by atoms with Gasteiger partial charge in [-0.3, -0.25) is 4.79 Å². The molecule has 10 heteroatoms. The summed E-state index contributed by atoms with van der Waals surface area (Å²) in [4.78, 5) is 25.2. The van der Waals surface area contributed by atoms with Crippen LogP contribution in [0.3, 0.4) is 0 Å². The lowest BCUT2D eigenvalue weighted by atomic mass is 9.97. The van der Waals surface area contributed by atoms with E-state index in [1.165, 1.54) is 7.11 Å². The summed E-state index contributed by atoms with van der Waals surface area (Å²) in [7, 11) is 1.39. The maximum absolute atomic E-state index is 11.7. The van der Waals surface area contributed by atoms with Crippen molar-refractivity contribution in [2.45, 2.75) is 26.2 Å². The lowest BCUT2D eigenvalue weighted by Gasteiger charge is -2.32. The zero-order chi connectivity index (χ0) is 19.4. The van der Waals surface area contributed by atoms with E-state index in [0.29, 0.717) is 60.4 Å². The number of oxazole rings is 1. The second kappa shape index (κ2) is 8.28. The van der Waals surface area contributed by atoms with E-state index in [-0.39, 0.29) is 17.7 Å². The molecule has 0 radical (unpaired) electrons. The van der Waals surface area contributed by atoms with Crippen LogP contribution in [0.1, 0.15) is 25.5 Å². The molecule has 27 heavy (non-hydrogen) atoms. The molecule has 2 aromatic rings. The van der Waals surface area contributed by atoms with Crippen molar-refractivity contribution in [3.8, 4) is 11.5 Å². The minimum absolute atomic E-state index is 0.124. The molecule has 142 valence electrons. The summed E-state index contributed by atoms with van der Waals surface area (Å²) in [5.74, 6) is 1.35. The number of aromatic nitrogens is 2. The third kappa shape index (κ3) is 3.99. The molecule has 1 aliphatic rings. The maximum Gasteiger partial charge on any atom is 0.308 e. The summed E-state index contributed by atoms with van der Waals surface area (Å²) in [6, 6.07) is 1.64. The van der Waals surface area contributed by atoms with Crippen LogP contribution in [0, 0.1) is 5.92 Å². The van der Waals surface area contributed by atoms with Gasteiger partial charge in [0.1, 0.15) is 17.4 Å². The fourth-order valence-electron chi connectivity index (χ4n) is 3.06. The van der Waals surface area contributed by atoms with Crippen LogP contribution in [0.5, 0.6) is 0 Å². The van der Waals surface area contributed by atoms with Crippen molar-refractivity contribution >= 4 is 29.2 Å². The van der Waals surface area contributed by atoms with E-state index in [1.807, 2.05) is 11.8 Å². The van der Waals surface area contributed by atoms with E-state index >= 15 is 0 Å². The number of carbonyl (C=O) groups is 1. The molecule has 0 bridgehead atoms. The lowest BCUT2D eigenvalue weighted by Crippen LogP contribution is -2.37. The number of rotatable bonds is 5. The van der Waals surface area contributed by atoms with Gasteiger partial charge in [0.05, 0.1) is 29.8 Å². The zero-order valence-corrected chi connectivity index (χ0v) is 15.8. The number of anilines is 1. The van der Waals surface area contributed by atoms with E-state index in [4.69, 9.17) is 26.3 Å². The summed E-state index contributed by atoms with van der Waals surface area (Å²) in [5.41, 5.74) is 9.34. The number of hydrogen-bond acceptors (Lipinski definition) is 7. The Kier molecular flexibility index (Phi) is 5.83. The first-order chi connectivity index (χ1) is 13.1. The molecular weight excluding hydrogens is 372 g/mol. The van der Waals surface area contributed by atoms with Crippen molar-refractivity contribution < 1.29 is 13.9 Å². The molecule has 3 rings (SSSR count). The quantitative estimate of drug-likeness (QED) is 0.325. The molecule has 0 saturated carbocycles. The van der Waals surface area contributed by atoms with Crippen LogP contribution in [0.4, 0.5) is 11.6 Å². The molecular formula is C17H19ClN6O3. The van der Waals surface area contributed by atoms with Crippen LogP contribution in [0.2, 0.25) is 5.02 Å². The Morgan fingerprint density at radius 2 is 2.26 bits per heavy atom. The Morgan fingerprint density at radius 3 is 2.85 bits per heavy atom. The van der Waals surface area contributed by atoms with E-state index in [9.17, 15) is 4.79 Å².